The highest BCUT2D eigenvalue weighted by Crippen LogP contribution is 2.42. The molecule has 5 rings (SSSR count). The average molecular weight is 829 g/mol. The van der Waals surface area contributed by atoms with E-state index in [0.717, 1.165) is 0 Å². The monoisotopic (exact) mass is 828 g/mol. The van der Waals surface area contributed by atoms with Crippen molar-refractivity contribution in [1.82, 2.24) is 0 Å². The second kappa shape index (κ2) is 17.9. The molecule has 0 radical (unpaired) electrons. The van der Waals surface area contributed by atoms with E-state index in [1.165, 1.54) is 0 Å². The molecular formula is C30H52O26. The van der Waals surface area contributed by atoms with Crippen LogP contribution in [0.4, 0.5) is 0 Å². The Morgan fingerprint density at radius 2 is 0.732 bits per heavy atom. The van der Waals surface area contributed by atoms with Gasteiger partial charge in [-0.05, 0) is 0 Å². The van der Waals surface area contributed by atoms with Gasteiger partial charge in [0, 0.05) is 0 Å². The van der Waals surface area contributed by atoms with Gasteiger partial charge in [0.2, 0.25) is 23.1 Å². The van der Waals surface area contributed by atoms with Gasteiger partial charge in [0.15, 0.2) is 6.29 Å². The summed E-state index contributed by atoms with van der Waals surface area (Å²) in [6.07, 6.45) is -32.2. The van der Waals surface area contributed by atoms with E-state index in [1.807, 2.05) is 0 Å². The number of aliphatic hydroxyl groups is 17. The number of hydrogen-bond donors (Lipinski definition) is 17. The fraction of sp³-hybridized carbons (Fsp3) is 1.00. The van der Waals surface area contributed by atoms with E-state index < -0.39 is 187 Å². The van der Waals surface area contributed by atoms with E-state index >= 15 is 0 Å². The lowest BCUT2D eigenvalue weighted by molar-refractivity contribution is -0.392. The summed E-state index contributed by atoms with van der Waals surface area (Å²) in [6, 6.07) is 0. The Morgan fingerprint density at radius 1 is 0.375 bits per heavy atom. The molecule has 5 heterocycles. The van der Waals surface area contributed by atoms with Crippen LogP contribution in [0.25, 0.3) is 0 Å². The smallest absolute Gasteiger partial charge is 0.224 e. The number of rotatable bonds is 17. The first-order valence-electron chi connectivity index (χ1n) is 17.5. The van der Waals surface area contributed by atoms with Gasteiger partial charge >= 0.3 is 0 Å². The van der Waals surface area contributed by atoms with Crippen LogP contribution in [0.1, 0.15) is 0 Å². The van der Waals surface area contributed by atoms with Crippen LogP contribution >= 0.6 is 0 Å². The zero-order valence-corrected chi connectivity index (χ0v) is 29.5. The predicted octanol–water partition coefficient (Wildman–Crippen LogP) is -11.9. The molecule has 0 spiro atoms. The highest BCUT2D eigenvalue weighted by molar-refractivity contribution is 5.03. The molecule has 0 aromatic heterocycles. The summed E-state index contributed by atoms with van der Waals surface area (Å²) in [4.78, 5) is 0. The molecule has 5 aliphatic rings. The van der Waals surface area contributed by atoms with E-state index in [2.05, 4.69) is 0 Å². The standard InChI is InChI=1S/C30H52O26/c31-1-10-16(38)22(44)27(6-35,52-10)49-9-30(25(47)19(41)13(4-34)55-30)50-8-29(24(46)18(40)12(3-33)54-29)48-5-14-15(37)20(42)21(43)26(51-14)56-28(7-36)23(45)17(39)11(2-32)53-28/h10-26,31-47H,1-9H2/t10-,11+,12-,13-,14+,15+,16-,17+,18-,19-,20-,21+,22+,23-,24+,25+,26+,27-,28-,29-,30-/m0/s1. The Bertz CT molecular complexity index is 1270. The van der Waals surface area contributed by atoms with Gasteiger partial charge < -0.3 is 129 Å². The molecule has 17 N–H and O–H groups in total. The normalized spacial score (nSPS) is 52.3. The van der Waals surface area contributed by atoms with Crippen molar-refractivity contribution in [3.05, 3.63) is 0 Å². The summed E-state index contributed by atoms with van der Waals surface area (Å²) in [5.41, 5.74) is 0. The summed E-state index contributed by atoms with van der Waals surface area (Å²) in [5, 5.41) is 176. The van der Waals surface area contributed by atoms with Crippen molar-refractivity contribution in [2.45, 2.75) is 127 Å². The molecule has 21 atom stereocenters. The maximum Gasteiger partial charge on any atom is 0.224 e. The van der Waals surface area contributed by atoms with Crippen molar-refractivity contribution in [3.8, 4) is 0 Å². The zero-order chi connectivity index (χ0) is 41.5. The SMILES string of the molecule is OC[C@@H]1O[C@](CO)(OC[C@]2(OC[C@]3(OC[C@H]4O[C@H](O[C@]5(CO)O[C@H](CO)[C@@H](O)[C@@H]5O)[C@H](O)[C@@H](O)[C@@H]4O)O[C@@H](CO)[C@H](O)[C@H]3O)O[C@@H](CO)[C@H](O)[C@H]2O)[C@H](O)[C@H]1O. The van der Waals surface area contributed by atoms with Crippen molar-refractivity contribution >= 4 is 0 Å². The maximum absolute atomic E-state index is 11.2. The largest absolute Gasteiger partial charge is 0.394 e. The first-order chi connectivity index (χ1) is 26.4. The molecule has 0 unspecified atom stereocenters. The third kappa shape index (κ3) is 7.97. The first kappa shape index (κ1) is 46.0. The Balaban J connectivity index is 1.39. The Hall–Kier alpha value is -1.04. The molecule has 0 saturated carbocycles. The molecule has 26 heteroatoms. The van der Waals surface area contributed by atoms with Crippen LogP contribution in [0.2, 0.25) is 0 Å². The highest BCUT2D eigenvalue weighted by atomic mass is 16.8. The summed E-state index contributed by atoms with van der Waals surface area (Å²) in [5.74, 6) is -10.4. The lowest BCUT2D eigenvalue weighted by atomic mass is 9.98. The van der Waals surface area contributed by atoms with E-state index in [1.54, 1.807) is 0 Å². The van der Waals surface area contributed by atoms with Crippen LogP contribution in [0.15, 0.2) is 0 Å². The Morgan fingerprint density at radius 3 is 1.14 bits per heavy atom. The Labute approximate surface area is 316 Å². The molecule has 5 saturated heterocycles. The minimum absolute atomic E-state index is 0.841. The molecule has 0 amide bonds. The third-order valence-electron chi connectivity index (χ3n) is 10.7. The van der Waals surface area contributed by atoms with E-state index in [9.17, 15) is 86.8 Å². The lowest BCUT2D eigenvalue weighted by Gasteiger charge is -2.44. The van der Waals surface area contributed by atoms with Crippen LogP contribution < -0.4 is 0 Å². The van der Waals surface area contributed by atoms with Crippen molar-refractivity contribution < 1.29 is 129 Å². The fourth-order valence-corrected chi connectivity index (χ4v) is 7.16. The summed E-state index contributed by atoms with van der Waals surface area (Å²) in [6.45, 7) is -9.20. The lowest BCUT2D eigenvalue weighted by Crippen LogP contribution is -2.63. The van der Waals surface area contributed by atoms with Crippen molar-refractivity contribution in [2.75, 3.05) is 59.5 Å². The molecule has 0 aromatic carbocycles. The minimum atomic E-state index is -2.67. The maximum atomic E-state index is 11.2. The van der Waals surface area contributed by atoms with Gasteiger partial charge in [0.05, 0.1) is 33.0 Å². The highest BCUT2D eigenvalue weighted by Gasteiger charge is 2.64. The molecule has 5 aliphatic heterocycles. The number of hydrogen-bond acceptors (Lipinski definition) is 26. The van der Waals surface area contributed by atoms with E-state index in [-0.39, 0.29) is 0 Å². The van der Waals surface area contributed by atoms with Crippen molar-refractivity contribution in [1.29, 1.82) is 0 Å². The third-order valence-corrected chi connectivity index (χ3v) is 10.7. The van der Waals surface area contributed by atoms with Crippen molar-refractivity contribution in [2.24, 2.45) is 0 Å². The summed E-state index contributed by atoms with van der Waals surface area (Å²) < 4.78 is 50.1. The van der Waals surface area contributed by atoms with E-state index in [0.29, 0.717) is 0 Å². The minimum Gasteiger partial charge on any atom is -0.394 e. The predicted molar refractivity (Wildman–Crippen MR) is 167 cm³/mol. The Kier molecular flexibility index (Phi) is 14.7. The van der Waals surface area contributed by atoms with Gasteiger partial charge in [-0.2, -0.15) is 0 Å². The molecule has 328 valence electrons. The van der Waals surface area contributed by atoms with Crippen LogP contribution in [-0.2, 0) is 42.6 Å². The molecule has 0 bridgehead atoms. The number of ether oxygens (including phenoxy) is 9. The van der Waals surface area contributed by atoms with Gasteiger partial charge in [0.1, 0.15) is 124 Å². The average Bonchev–Trinajstić information content (AvgIpc) is 3.80. The molecule has 0 aliphatic carbocycles. The summed E-state index contributed by atoms with van der Waals surface area (Å²) in [7, 11) is 0. The van der Waals surface area contributed by atoms with Crippen LogP contribution in [-0.4, -0.2) is 273 Å². The molecule has 0 aromatic rings. The van der Waals surface area contributed by atoms with Gasteiger partial charge in [-0.15, -0.1) is 0 Å². The fourth-order valence-electron chi connectivity index (χ4n) is 7.16. The molecule has 5 fully saturated rings. The van der Waals surface area contributed by atoms with Gasteiger partial charge in [-0.25, -0.2) is 0 Å². The second-order valence-corrected chi connectivity index (χ2v) is 14.2. The second-order valence-electron chi connectivity index (χ2n) is 14.2. The van der Waals surface area contributed by atoms with Crippen LogP contribution in [0.5, 0.6) is 0 Å². The van der Waals surface area contributed by atoms with Gasteiger partial charge in [0.25, 0.3) is 0 Å². The van der Waals surface area contributed by atoms with E-state index in [4.69, 9.17) is 42.6 Å². The molecular weight excluding hydrogens is 776 g/mol. The quantitative estimate of drug-likeness (QED) is 0.0647. The van der Waals surface area contributed by atoms with Gasteiger partial charge in [-0.3, -0.25) is 0 Å². The first-order valence-corrected chi connectivity index (χ1v) is 17.5. The van der Waals surface area contributed by atoms with Crippen LogP contribution in [0, 0.1) is 0 Å². The number of aliphatic hydroxyl groups excluding tert-OH is 17. The zero-order valence-electron chi connectivity index (χ0n) is 29.5. The summed E-state index contributed by atoms with van der Waals surface area (Å²) >= 11 is 0. The topological polar surface area (TPSA) is 427 Å². The van der Waals surface area contributed by atoms with Gasteiger partial charge in [-0.1, -0.05) is 0 Å². The van der Waals surface area contributed by atoms with Crippen LogP contribution in [0.3, 0.4) is 0 Å². The van der Waals surface area contributed by atoms with Crippen molar-refractivity contribution in [3.63, 3.8) is 0 Å². The molecule has 26 nitrogen and oxygen atoms in total. The molecule has 56 heavy (non-hydrogen) atoms.